The number of aromatic nitrogens is 3. The van der Waals surface area contributed by atoms with Gasteiger partial charge in [-0.25, -0.2) is 14.4 Å². The smallest absolute Gasteiger partial charge is 0.257 e. The summed E-state index contributed by atoms with van der Waals surface area (Å²) in [6.45, 7) is 5.68. The largest absolute Gasteiger partial charge is 0.370 e. The fourth-order valence-corrected chi connectivity index (χ4v) is 5.37. The second-order valence-electron chi connectivity index (χ2n) is 8.24. The Labute approximate surface area is 189 Å². The Hall–Kier alpha value is -3.04. The highest BCUT2D eigenvalue weighted by Crippen LogP contribution is 2.35. The van der Waals surface area contributed by atoms with E-state index in [-0.39, 0.29) is 11.6 Å². The first kappa shape index (κ1) is 20.8. The summed E-state index contributed by atoms with van der Waals surface area (Å²) in [4.78, 5) is 24.3. The molecule has 0 aliphatic carbocycles. The molecule has 1 fully saturated rings. The number of pyridine rings is 1. The molecule has 0 radical (unpaired) electrons. The maximum absolute atomic E-state index is 14.4. The zero-order chi connectivity index (χ0) is 22.4. The first-order chi connectivity index (χ1) is 15.4. The Morgan fingerprint density at radius 2 is 1.97 bits per heavy atom. The minimum Gasteiger partial charge on any atom is -0.370 e. The standard InChI is InChI=1S/C23H25FN6OS/c1-13-11-30-12-16(10-18(24)22(30)26-13)28-23(31)17-4-5-19(21-20(17)27-14(2)32-21)29-8-6-15(25-3)7-9-29/h4-5,10-12,15,25H,6-9H2,1-3H3,(H,28,31). The molecule has 1 aromatic carbocycles. The predicted octanol–water partition coefficient (Wildman–Crippen LogP) is 4.14. The van der Waals surface area contributed by atoms with Gasteiger partial charge in [0.05, 0.1) is 37.9 Å². The van der Waals surface area contributed by atoms with Gasteiger partial charge in [-0.1, -0.05) is 0 Å². The van der Waals surface area contributed by atoms with Crippen molar-refractivity contribution in [2.75, 3.05) is 30.4 Å². The fourth-order valence-electron chi connectivity index (χ4n) is 4.39. The number of imidazole rings is 1. The maximum Gasteiger partial charge on any atom is 0.257 e. The van der Waals surface area contributed by atoms with Crippen LogP contribution in [-0.2, 0) is 0 Å². The van der Waals surface area contributed by atoms with E-state index in [1.165, 1.54) is 6.07 Å². The zero-order valence-corrected chi connectivity index (χ0v) is 19.1. The molecule has 4 aromatic rings. The van der Waals surface area contributed by atoms with E-state index < -0.39 is 5.82 Å². The number of aryl methyl sites for hydroxylation is 2. The maximum atomic E-state index is 14.4. The average Bonchev–Trinajstić information content (AvgIpc) is 3.34. The van der Waals surface area contributed by atoms with Gasteiger partial charge >= 0.3 is 0 Å². The van der Waals surface area contributed by atoms with Gasteiger partial charge in [0, 0.05) is 37.6 Å². The van der Waals surface area contributed by atoms with E-state index in [2.05, 4.69) is 25.5 Å². The summed E-state index contributed by atoms with van der Waals surface area (Å²) >= 11 is 1.60. The van der Waals surface area contributed by atoms with Crippen molar-refractivity contribution >= 4 is 44.5 Å². The zero-order valence-electron chi connectivity index (χ0n) is 18.3. The third kappa shape index (κ3) is 3.71. The molecule has 0 saturated carbocycles. The molecule has 4 heterocycles. The molecule has 1 amide bonds. The van der Waals surface area contributed by atoms with Crippen molar-refractivity contribution in [2.24, 2.45) is 0 Å². The van der Waals surface area contributed by atoms with Gasteiger partial charge in [0.2, 0.25) is 0 Å². The first-order valence-corrected chi connectivity index (χ1v) is 11.5. The van der Waals surface area contributed by atoms with E-state index in [0.29, 0.717) is 28.5 Å². The van der Waals surface area contributed by atoms with Gasteiger partial charge < -0.3 is 19.9 Å². The van der Waals surface area contributed by atoms with Crippen molar-refractivity contribution in [1.82, 2.24) is 19.7 Å². The molecule has 0 spiro atoms. The SMILES string of the molecule is CNC1CCN(c2ccc(C(=O)Nc3cc(F)c4nc(C)cn4c3)c3nc(C)sc23)CC1. The number of benzene rings is 1. The predicted molar refractivity (Wildman–Crippen MR) is 126 cm³/mol. The highest BCUT2D eigenvalue weighted by Gasteiger charge is 2.23. The van der Waals surface area contributed by atoms with Crippen molar-refractivity contribution < 1.29 is 9.18 Å². The van der Waals surface area contributed by atoms with E-state index in [4.69, 9.17) is 0 Å². The molecule has 32 heavy (non-hydrogen) atoms. The van der Waals surface area contributed by atoms with Crippen LogP contribution in [0.4, 0.5) is 15.8 Å². The Kier molecular flexibility index (Phi) is 5.30. The summed E-state index contributed by atoms with van der Waals surface area (Å²) in [6.07, 6.45) is 5.56. The third-order valence-electron chi connectivity index (χ3n) is 6.00. The summed E-state index contributed by atoms with van der Waals surface area (Å²) in [5.74, 6) is -0.790. The third-order valence-corrected chi connectivity index (χ3v) is 7.00. The summed E-state index contributed by atoms with van der Waals surface area (Å²) < 4.78 is 17.0. The van der Waals surface area contributed by atoms with E-state index in [1.807, 2.05) is 26.1 Å². The number of fused-ring (bicyclic) bond motifs is 2. The Morgan fingerprint density at radius 3 is 2.72 bits per heavy atom. The quantitative estimate of drug-likeness (QED) is 0.487. The molecule has 7 nitrogen and oxygen atoms in total. The Morgan fingerprint density at radius 1 is 1.19 bits per heavy atom. The molecule has 0 bridgehead atoms. The Balaban J connectivity index is 1.46. The molecule has 3 aromatic heterocycles. The van der Waals surface area contributed by atoms with Gasteiger partial charge in [0.25, 0.3) is 5.91 Å². The van der Waals surface area contributed by atoms with Crippen molar-refractivity contribution in [3.05, 3.63) is 52.7 Å². The van der Waals surface area contributed by atoms with Gasteiger partial charge in [-0.15, -0.1) is 11.3 Å². The molecule has 1 aliphatic heterocycles. The lowest BCUT2D eigenvalue weighted by molar-refractivity contribution is 0.102. The first-order valence-electron chi connectivity index (χ1n) is 10.7. The van der Waals surface area contributed by atoms with Gasteiger partial charge in [0.15, 0.2) is 11.5 Å². The van der Waals surface area contributed by atoms with E-state index >= 15 is 0 Å². The molecule has 5 rings (SSSR count). The second kappa shape index (κ2) is 8.14. The van der Waals surface area contributed by atoms with Crippen LogP contribution in [0.2, 0.25) is 0 Å². The number of carbonyl (C=O) groups excluding carboxylic acids is 1. The van der Waals surface area contributed by atoms with Crippen LogP contribution in [0.25, 0.3) is 15.9 Å². The minimum absolute atomic E-state index is 0.240. The van der Waals surface area contributed by atoms with Crippen LogP contribution in [0.5, 0.6) is 0 Å². The van der Waals surface area contributed by atoms with Crippen LogP contribution in [0.1, 0.15) is 33.9 Å². The molecule has 0 atom stereocenters. The lowest BCUT2D eigenvalue weighted by atomic mass is 10.0. The number of piperidine rings is 1. The van der Waals surface area contributed by atoms with Gasteiger partial charge in [-0.2, -0.15) is 0 Å². The summed E-state index contributed by atoms with van der Waals surface area (Å²) in [5.41, 5.74) is 3.62. The van der Waals surface area contributed by atoms with E-state index in [0.717, 1.165) is 41.3 Å². The molecule has 9 heteroatoms. The molecular formula is C23H25FN6OS. The van der Waals surface area contributed by atoms with Crippen LogP contribution < -0.4 is 15.5 Å². The highest BCUT2D eigenvalue weighted by atomic mass is 32.1. The number of hydrogen-bond donors (Lipinski definition) is 2. The number of amides is 1. The van der Waals surface area contributed by atoms with Crippen LogP contribution in [-0.4, -0.2) is 46.5 Å². The number of thiazole rings is 1. The number of nitrogens with one attached hydrogen (secondary N) is 2. The monoisotopic (exact) mass is 452 g/mol. The van der Waals surface area contributed by atoms with Gasteiger partial charge in [-0.3, -0.25) is 4.79 Å². The van der Waals surface area contributed by atoms with Crippen molar-refractivity contribution in [3.63, 3.8) is 0 Å². The van der Waals surface area contributed by atoms with Crippen molar-refractivity contribution in [1.29, 1.82) is 0 Å². The van der Waals surface area contributed by atoms with E-state index in [9.17, 15) is 9.18 Å². The van der Waals surface area contributed by atoms with Crippen LogP contribution >= 0.6 is 11.3 Å². The lowest BCUT2D eigenvalue weighted by Gasteiger charge is -2.33. The van der Waals surface area contributed by atoms with E-state index in [1.54, 1.807) is 35.1 Å². The molecule has 166 valence electrons. The number of rotatable bonds is 4. The average molecular weight is 453 g/mol. The molecular weight excluding hydrogens is 427 g/mol. The molecule has 1 saturated heterocycles. The van der Waals surface area contributed by atoms with Crippen LogP contribution in [0.3, 0.4) is 0 Å². The topological polar surface area (TPSA) is 74.6 Å². The lowest BCUT2D eigenvalue weighted by Crippen LogP contribution is -2.41. The number of halogens is 1. The van der Waals surface area contributed by atoms with Crippen LogP contribution in [0.15, 0.2) is 30.6 Å². The highest BCUT2D eigenvalue weighted by molar-refractivity contribution is 7.19. The van der Waals surface area contributed by atoms with Crippen molar-refractivity contribution in [2.45, 2.75) is 32.7 Å². The fraction of sp³-hybridized carbons (Fsp3) is 0.348. The van der Waals surface area contributed by atoms with Crippen molar-refractivity contribution in [3.8, 4) is 0 Å². The minimum atomic E-state index is -0.481. The summed E-state index contributed by atoms with van der Waals surface area (Å²) in [6, 6.07) is 5.68. The molecule has 1 aliphatic rings. The molecule has 2 N–H and O–H groups in total. The normalized spacial score (nSPS) is 15.1. The number of nitrogens with zero attached hydrogens (tertiary/aromatic N) is 4. The summed E-state index contributed by atoms with van der Waals surface area (Å²) in [5, 5.41) is 7.10. The van der Waals surface area contributed by atoms with Gasteiger partial charge in [0.1, 0.15) is 0 Å². The Bertz CT molecular complexity index is 1320. The molecule has 0 unspecified atom stereocenters. The number of anilines is 2. The number of hydrogen-bond acceptors (Lipinski definition) is 6. The van der Waals surface area contributed by atoms with Gasteiger partial charge in [-0.05, 0) is 45.9 Å². The number of carbonyl (C=O) groups is 1. The second-order valence-corrected chi connectivity index (χ2v) is 9.44. The summed E-state index contributed by atoms with van der Waals surface area (Å²) in [7, 11) is 2.01. The van der Waals surface area contributed by atoms with Crippen LogP contribution in [0, 0.1) is 19.7 Å².